The summed E-state index contributed by atoms with van der Waals surface area (Å²) in [4.78, 5) is 4.23. The maximum Gasteiger partial charge on any atom is 0.131 e. The van der Waals surface area contributed by atoms with Crippen LogP contribution in [0.4, 0.5) is 0 Å². The van der Waals surface area contributed by atoms with E-state index < -0.39 is 0 Å². The Morgan fingerprint density at radius 3 is 2.78 bits per heavy atom. The minimum Gasteiger partial charge on any atom is -0.493 e. The SMILES string of the molecule is Clc1cc(Cl)c2cc(OCC3CCC3)ccc2n1. The zero-order valence-electron chi connectivity index (χ0n) is 9.83. The predicted octanol–water partition coefficient (Wildman–Crippen LogP) is 4.72. The van der Waals surface area contributed by atoms with Crippen molar-refractivity contribution in [2.24, 2.45) is 5.92 Å². The molecule has 94 valence electrons. The largest absolute Gasteiger partial charge is 0.493 e. The van der Waals surface area contributed by atoms with E-state index in [1.165, 1.54) is 19.3 Å². The summed E-state index contributed by atoms with van der Waals surface area (Å²) in [5, 5.41) is 1.90. The van der Waals surface area contributed by atoms with Gasteiger partial charge in [0.05, 0.1) is 17.1 Å². The third-order valence-electron chi connectivity index (χ3n) is 3.41. The number of hydrogen-bond acceptors (Lipinski definition) is 2. The minimum absolute atomic E-state index is 0.413. The number of benzene rings is 1. The van der Waals surface area contributed by atoms with E-state index >= 15 is 0 Å². The Morgan fingerprint density at radius 1 is 1.22 bits per heavy atom. The van der Waals surface area contributed by atoms with E-state index in [9.17, 15) is 0 Å². The van der Waals surface area contributed by atoms with Gasteiger partial charge in [0.15, 0.2) is 0 Å². The Balaban J connectivity index is 1.85. The number of aromatic nitrogens is 1. The fraction of sp³-hybridized carbons (Fsp3) is 0.357. The molecule has 0 spiro atoms. The molecule has 0 N–H and O–H groups in total. The standard InChI is InChI=1S/C14H13Cl2NO/c15-12-7-14(16)17-13-5-4-10(6-11(12)13)18-8-9-2-1-3-9/h4-7,9H,1-3,8H2. The molecule has 1 fully saturated rings. The molecule has 0 bridgehead atoms. The Morgan fingerprint density at radius 2 is 2.06 bits per heavy atom. The predicted molar refractivity (Wildman–Crippen MR) is 74.6 cm³/mol. The van der Waals surface area contributed by atoms with Crippen LogP contribution in [0.3, 0.4) is 0 Å². The first-order valence-corrected chi connectivity index (χ1v) is 6.86. The molecule has 0 amide bonds. The van der Waals surface area contributed by atoms with Crippen LogP contribution in [0, 0.1) is 5.92 Å². The molecule has 2 nitrogen and oxygen atoms in total. The molecule has 1 aliphatic carbocycles. The number of pyridine rings is 1. The quantitative estimate of drug-likeness (QED) is 0.760. The molecule has 0 saturated heterocycles. The van der Waals surface area contributed by atoms with Gasteiger partial charge < -0.3 is 4.74 Å². The first-order chi connectivity index (χ1) is 8.72. The highest BCUT2D eigenvalue weighted by molar-refractivity contribution is 6.37. The molecule has 0 radical (unpaired) electrons. The number of halogens is 2. The van der Waals surface area contributed by atoms with Crippen LogP contribution < -0.4 is 4.74 Å². The van der Waals surface area contributed by atoms with Gasteiger partial charge in [-0.05, 0) is 43.0 Å². The third-order valence-corrected chi connectivity index (χ3v) is 3.92. The molecular weight excluding hydrogens is 269 g/mol. The van der Waals surface area contributed by atoms with E-state index in [1.54, 1.807) is 6.07 Å². The van der Waals surface area contributed by atoms with Gasteiger partial charge in [0.25, 0.3) is 0 Å². The molecule has 0 aliphatic heterocycles. The average Bonchev–Trinajstić information content (AvgIpc) is 2.27. The Hall–Kier alpha value is -0.990. The van der Waals surface area contributed by atoms with Crippen molar-refractivity contribution >= 4 is 34.1 Å². The van der Waals surface area contributed by atoms with Crippen LogP contribution in [0.25, 0.3) is 10.9 Å². The molecule has 0 atom stereocenters. The lowest BCUT2D eigenvalue weighted by atomic mass is 9.86. The number of hydrogen-bond donors (Lipinski definition) is 0. The monoisotopic (exact) mass is 281 g/mol. The molecule has 1 heterocycles. The zero-order chi connectivity index (χ0) is 12.5. The van der Waals surface area contributed by atoms with Crippen LogP contribution in [0.5, 0.6) is 5.75 Å². The second kappa shape index (κ2) is 4.94. The first kappa shape index (κ1) is 12.1. The fourth-order valence-corrected chi connectivity index (χ4v) is 2.61. The van der Waals surface area contributed by atoms with Crippen molar-refractivity contribution in [1.29, 1.82) is 0 Å². The third kappa shape index (κ3) is 2.40. The van der Waals surface area contributed by atoms with E-state index in [0.29, 0.717) is 10.2 Å². The zero-order valence-corrected chi connectivity index (χ0v) is 11.3. The Bertz CT molecular complexity index is 581. The van der Waals surface area contributed by atoms with Gasteiger partial charge in [0.2, 0.25) is 0 Å². The van der Waals surface area contributed by atoms with Gasteiger partial charge in [0, 0.05) is 5.39 Å². The second-order valence-electron chi connectivity index (χ2n) is 4.71. The molecule has 1 aliphatic rings. The molecule has 3 rings (SSSR count). The normalized spacial score (nSPS) is 15.7. The summed E-state index contributed by atoms with van der Waals surface area (Å²) in [5.74, 6) is 1.57. The van der Waals surface area contributed by atoms with Crippen molar-refractivity contribution in [3.8, 4) is 5.75 Å². The molecule has 18 heavy (non-hydrogen) atoms. The molecule has 1 saturated carbocycles. The highest BCUT2D eigenvalue weighted by Gasteiger charge is 2.18. The fourth-order valence-electron chi connectivity index (χ4n) is 2.10. The van der Waals surface area contributed by atoms with Crippen molar-refractivity contribution in [2.75, 3.05) is 6.61 Å². The summed E-state index contributed by atoms with van der Waals surface area (Å²) in [6, 6.07) is 7.39. The van der Waals surface area contributed by atoms with E-state index in [0.717, 1.165) is 29.2 Å². The topological polar surface area (TPSA) is 22.1 Å². The van der Waals surface area contributed by atoms with E-state index in [-0.39, 0.29) is 0 Å². The summed E-state index contributed by atoms with van der Waals surface area (Å²) in [6.45, 7) is 0.796. The Kier molecular flexibility index (Phi) is 3.31. The molecule has 4 heteroatoms. The van der Waals surface area contributed by atoms with E-state index in [2.05, 4.69) is 4.98 Å². The summed E-state index contributed by atoms with van der Waals surface area (Å²) in [5.41, 5.74) is 0.795. The van der Waals surface area contributed by atoms with E-state index in [4.69, 9.17) is 27.9 Å². The number of nitrogens with zero attached hydrogens (tertiary/aromatic N) is 1. The molecule has 2 aromatic rings. The van der Waals surface area contributed by atoms with Crippen LogP contribution in [0.15, 0.2) is 24.3 Å². The molecule has 1 aromatic carbocycles. The number of fused-ring (bicyclic) bond motifs is 1. The smallest absolute Gasteiger partial charge is 0.131 e. The van der Waals surface area contributed by atoms with E-state index in [1.807, 2.05) is 18.2 Å². The molecule has 0 unspecified atom stereocenters. The highest BCUT2D eigenvalue weighted by Crippen LogP contribution is 2.30. The van der Waals surface area contributed by atoms with Crippen LogP contribution >= 0.6 is 23.2 Å². The maximum atomic E-state index is 6.16. The summed E-state index contributed by atoms with van der Waals surface area (Å²) >= 11 is 12.0. The molecule has 1 aromatic heterocycles. The highest BCUT2D eigenvalue weighted by atomic mass is 35.5. The average molecular weight is 282 g/mol. The van der Waals surface area contributed by atoms with Gasteiger partial charge in [0.1, 0.15) is 10.9 Å². The lowest BCUT2D eigenvalue weighted by Crippen LogP contribution is -2.19. The molecular formula is C14H13Cl2NO. The lowest BCUT2D eigenvalue weighted by molar-refractivity contribution is 0.181. The van der Waals surface area contributed by atoms with Gasteiger partial charge in [-0.25, -0.2) is 4.98 Å². The minimum atomic E-state index is 0.413. The van der Waals surface area contributed by atoms with Gasteiger partial charge in [-0.15, -0.1) is 0 Å². The van der Waals surface area contributed by atoms with Gasteiger partial charge in [-0.2, -0.15) is 0 Å². The van der Waals surface area contributed by atoms with Crippen molar-refractivity contribution < 1.29 is 4.74 Å². The Labute approximate surface area is 116 Å². The summed E-state index contributed by atoms with van der Waals surface area (Å²) < 4.78 is 5.78. The van der Waals surface area contributed by atoms with Crippen molar-refractivity contribution in [2.45, 2.75) is 19.3 Å². The maximum absolute atomic E-state index is 6.16. The number of rotatable bonds is 3. The van der Waals surface area contributed by atoms with Crippen LogP contribution in [0.2, 0.25) is 10.2 Å². The number of ether oxygens (including phenoxy) is 1. The van der Waals surface area contributed by atoms with Crippen LogP contribution in [0.1, 0.15) is 19.3 Å². The lowest BCUT2D eigenvalue weighted by Gasteiger charge is -2.25. The van der Waals surface area contributed by atoms with Crippen molar-refractivity contribution in [3.05, 3.63) is 34.4 Å². The van der Waals surface area contributed by atoms with Crippen LogP contribution in [-0.2, 0) is 0 Å². The summed E-state index contributed by atoms with van der Waals surface area (Å²) in [7, 11) is 0. The van der Waals surface area contributed by atoms with Gasteiger partial charge >= 0.3 is 0 Å². The van der Waals surface area contributed by atoms with Crippen molar-refractivity contribution in [1.82, 2.24) is 4.98 Å². The van der Waals surface area contributed by atoms with Gasteiger partial charge in [-0.3, -0.25) is 0 Å². The van der Waals surface area contributed by atoms with Crippen molar-refractivity contribution in [3.63, 3.8) is 0 Å². The van der Waals surface area contributed by atoms with Crippen LogP contribution in [-0.4, -0.2) is 11.6 Å². The summed E-state index contributed by atoms with van der Waals surface area (Å²) in [6.07, 6.45) is 3.90. The second-order valence-corrected chi connectivity index (χ2v) is 5.51. The van der Waals surface area contributed by atoms with Gasteiger partial charge in [-0.1, -0.05) is 29.6 Å². The first-order valence-electron chi connectivity index (χ1n) is 6.11.